The molecule has 0 spiro atoms. The standard InChI is InChI=1S/C16H22N4O.ClH/c1-2-12-3-5-13(6-4-12)10-20(14-7-8-14)11-15-18-16(9-17)21-19-15;/h3-6,14H,2,7-11,17H2,1H3;1H. The highest BCUT2D eigenvalue weighted by molar-refractivity contribution is 5.85. The van der Waals surface area contributed by atoms with Gasteiger partial charge in [0.1, 0.15) is 0 Å². The Balaban J connectivity index is 0.00000176. The molecule has 1 heterocycles. The SMILES string of the molecule is CCc1ccc(CN(Cc2noc(CN)n2)C2CC2)cc1.Cl. The molecule has 120 valence electrons. The van der Waals surface area contributed by atoms with Crippen molar-refractivity contribution in [1.29, 1.82) is 0 Å². The molecule has 3 rings (SSSR count). The molecule has 0 unspecified atom stereocenters. The third kappa shape index (κ3) is 4.29. The number of halogens is 1. The van der Waals surface area contributed by atoms with Crippen LogP contribution in [-0.4, -0.2) is 21.1 Å². The van der Waals surface area contributed by atoms with E-state index in [2.05, 4.69) is 46.2 Å². The summed E-state index contributed by atoms with van der Waals surface area (Å²) in [6, 6.07) is 9.50. The number of aryl methyl sites for hydroxylation is 1. The Morgan fingerprint density at radius 3 is 2.41 bits per heavy atom. The first-order valence-electron chi connectivity index (χ1n) is 7.62. The molecule has 0 atom stereocenters. The van der Waals surface area contributed by atoms with Crippen LogP contribution in [0.2, 0.25) is 0 Å². The molecule has 0 saturated heterocycles. The molecule has 2 N–H and O–H groups in total. The van der Waals surface area contributed by atoms with Crippen molar-refractivity contribution in [3.8, 4) is 0 Å². The van der Waals surface area contributed by atoms with Gasteiger partial charge in [-0.15, -0.1) is 12.4 Å². The van der Waals surface area contributed by atoms with Gasteiger partial charge in [0.05, 0.1) is 13.1 Å². The Morgan fingerprint density at radius 1 is 1.18 bits per heavy atom. The maximum atomic E-state index is 5.51. The summed E-state index contributed by atoms with van der Waals surface area (Å²) in [5.41, 5.74) is 8.22. The van der Waals surface area contributed by atoms with Gasteiger partial charge in [0.2, 0.25) is 5.89 Å². The average molecular weight is 323 g/mol. The first-order valence-corrected chi connectivity index (χ1v) is 7.62. The molecule has 2 aromatic rings. The minimum absolute atomic E-state index is 0. The third-order valence-corrected chi connectivity index (χ3v) is 3.91. The van der Waals surface area contributed by atoms with Gasteiger partial charge in [-0.05, 0) is 30.4 Å². The first-order chi connectivity index (χ1) is 10.3. The molecule has 22 heavy (non-hydrogen) atoms. The summed E-state index contributed by atoms with van der Waals surface area (Å²) in [5, 5.41) is 4.00. The summed E-state index contributed by atoms with van der Waals surface area (Å²) in [4.78, 5) is 6.73. The number of hydrogen-bond acceptors (Lipinski definition) is 5. The quantitative estimate of drug-likeness (QED) is 0.848. The van der Waals surface area contributed by atoms with E-state index in [1.165, 1.54) is 24.0 Å². The van der Waals surface area contributed by atoms with Crippen LogP contribution >= 0.6 is 12.4 Å². The normalized spacial score (nSPS) is 14.1. The predicted octanol–water partition coefficient (Wildman–Crippen LogP) is 2.68. The highest BCUT2D eigenvalue weighted by atomic mass is 35.5. The molecule has 0 amide bonds. The van der Waals surface area contributed by atoms with E-state index in [-0.39, 0.29) is 12.4 Å². The van der Waals surface area contributed by atoms with Crippen molar-refractivity contribution >= 4 is 12.4 Å². The van der Waals surface area contributed by atoms with Gasteiger partial charge in [-0.25, -0.2) is 0 Å². The zero-order valence-corrected chi connectivity index (χ0v) is 13.7. The average Bonchev–Trinajstić information content (AvgIpc) is 3.27. The Kier molecular flexibility index (Phi) is 5.94. The van der Waals surface area contributed by atoms with Gasteiger partial charge >= 0.3 is 0 Å². The van der Waals surface area contributed by atoms with Crippen molar-refractivity contribution in [3.63, 3.8) is 0 Å². The fourth-order valence-corrected chi connectivity index (χ4v) is 2.49. The summed E-state index contributed by atoms with van der Waals surface area (Å²) < 4.78 is 5.08. The minimum atomic E-state index is 0. The van der Waals surface area contributed by atoms with Crippen molar-refractivity contribution in [1.82, 2.24) is 15.0 Å². The van der Waals surface area contributed by atoms with Crippen molar-refractivity contribution in [2.45, 2.75) is 51.9 Å². The molecule has 0 radical (unpaired) electrons. The molecule has 0 bridgehead atoms. The summed E-state index contributed by atoms with van der Waals surface area (Å²) in [7, 11) is 0. The van der Waals surface area contributed by atoms with Crippen LogP contribution in [-0.2, 0) is 26.1 Å². The Morgan fingerprint density at radius 2 is 1.86 bits per heavy atom. The lowest BCUT2D eigenvalue weighted by atomic mass is 10.1. The lowest BCUT2D eigenvalue weighted by Gasteiger charge is -2.20. The Bertz CT molecular complexity index is 580. The van der Waals surface area contributed by atoms with Crippen LogP contribution in [0.1, 0.15) is 42.6 Å². The lowest BCUT2D eigenvalue weighted by molar-refractivity contribution is 0.235. The van der Waals surface area contributed by atoms with Gasteiger partial charge in [-0.2, -0.15) is 4.98 Å². The van der Waals surface area contributed by atoms with Crippen molar-refractivity contribution in [2.24, 2.45) is 5.73 Å². The molecule has 6 heteroatoms. The highest BCUT2D eigenvalue weighted by Gasteiger charge is 2.30. The van der Waals surface area contributed by atoms with Crippen molar-refractivity contribution < 1.29 is 4.52 Å². The second-order valence-corrected chi connectivity index (χ2v) is 5.61. The van der Waals surface area contributed by atoms with E-state index < -0.39 is 0 Å². The Labute approximate surface area is 137 Å². The monoisotopic (exact) mass is 322 g/mol. The maximum absolute atomic E-state index is 5.51. The molecule has 1 fully saturated rings. The van der Waals surface area contributed by atoms with Crippen LogP contribution in [0.3, 0.4) is 0 Å². The van der Waals surface area contributed by atoms with Gasteiger partial charge in [0.15, 0.2) is 5.82 Å². The first kappa shape index (κ1) is 16.9. The summed E-state index contributed by atoms with van der Waals surface area (Å²) >= 11 is 0. The van der Waals surface area contributed by atoms with Crippen molar-refractivity contribution in [3.05, 3.63) is 47.1 Å². The van der Waals surface area contributed by atoms with Gasteiger partial charge in [0.25, 0.3) is 0 Å². The van der Waals surface area contributed by atoms with Crippen LogP contribution < -0.4 is 5.73 Å². The molecule has 1 aromatic heterocycles. The number of aromatic nitrogens is 2. The number of hydrogen-bond donors (Lipinski definition) is 1. The maximum Gasteiger partial charge on any atom is 0.240 e. The molecular weight excluding hydrogens is 300 g/mol. The molecule has 1 aliphatic carbocycles. The van der Waals surface area contributed by atoms with E-state index in [0.717, 1.165) is 25.3 Å². The fourth-order valence-electron chi connectivity index (χ4n) is 2.49. The summed E-state index contributed by atoms with van der Waals surface area (Å²) in [6.07, 6.45) is 3.60. The van der Waals surface area contributed by atoms with E-state index in [1.807, 2.05) is 0 Å². The zero-order valence-electron chi connectivity index (χ0n) is 12.9. The highest BCUT2D eigenvalue weighted by Crippen LogP contribution is 2.29. The summed E-state index contributed by atoms with van der Waals surface area (Å²) in [6.45, 7) is 4.14. The fraction of sp³-hybridized carbons (Fsp3) is 0.500. The zero-order chi connectivity index (χ0) is 14.7. The number of nitrogens with zero attached hydrogens (tertiary/aromatic N) is 3. The smallest absolute Gasteiger partial charge is 0.240 e. The topological polar surface area (TPSA) is 68.2 Å². The van der Waals surface area contributed by atoms with E-state index >= 15 is 0 Å². The molecule has 1 saturated carbocycles. The molecule has 5 nitrogen and oxygen atoms in total. The second-order valence-electron chi connectivity index (χ2n) is 5.61. The molecule has 0 aliphatic heterocycles. The molecule has 1 aromatic carbocycles. The van der Waals surface area contributed by atoms with E-state index in [4.69, 9.17) is 10.3 Å². The van der Waals surface area contributed by atoms with Crippen LogP contribution in [0, 0.1) is 0 Å². The van der Waals surface area contributed by atoms with Gasteiger partial charge in [0, 0.05) is 12.6 Å². The van der Waals surface area contributed by atoms with Gasteiger partial charge in [-0.1, -0.05) is 36.3 Å². The number of nitrogens with two attached hydrogens (primary N) is 1. The van der Waals surface area contributed by atoms with E-state index in [1.54, 1.807) is 0 Å². The minimum Gasteiger partial charge on any atom is -0.338 e. The van der Waals surface area contributed by atoms with Crippen LogP contribution in [0.4, 0.5) is 0 Å². The predicted molar refractivity (Wildman–Crippen MR) is 87.5 cm³/mol. The molecule has 1 aliphatic rings. The van der Waals surface area contributed by atoms with E-state index in [0.29, 0.717) is 18.5 Å². The van der Waals surface area contributed by atoms with Crippen molar-refractivity contribution in [2.75, 3.05) is 0 Å². The molecular formula is C16H23ClN4O. The van der Waals surface area contributed by atoms with Crippen LogP contribution in [0.15, 0.2) is 28.8 Å². The number of benzene rings is 1. The lowest BCUT2D eigenvalue weighted by Crippen LogP contribution is -2.25. The van der Waals surface area contributed by atoms with Crippen LogP contribution in [0.25, 0.3) is 0 Å². The number of rotatable bonds is 7. The largest absolute Gasteiger partial charge is 0.338 e. The second kappa shape index (κ2) is 7.72. The summed E-state index contributed by atoms with van der Waals surface area (Å²) in [5.74, 6) is 1.24. The van der Waals surface area contributed by atoms with Gasteiger partial charge < -0.3 is 10.3 Å². The van der Waals surface area contributed by atoms with E-state index in [9.17, 15) is 0 Å². The third-order valence-electron chi connectivity index (χ3n) is 3.91. The Hall–Kier alpha value is -1.43. The van der Waals surface area contributed by atoms with Gasteiger partial charge in [-0.3, -0.25) is 4.90 Å². The van der Waals surface area contributed by atoms with Crippen LogP contribution in [0.5, 0.6) is 0 Å².